The van der Waals surface area contributed by atoms with Gasteiger partial charge in [-0.05, 0) is 23.4 Å². The van der Waals surface area contributed by atoms with Crippen LogP contribution in [0.25, 0.3) is 0 Å². The summed E-state index contributed by atoms with van der Waals surface area (Å²) in [5.74, 6) is -0.679. The van der Waals surface area contributed by atoms with Crippen LogP contribution in [0.2, 0.25) is 5.02 Å². The Morgan fingerprint density at radius 1 is 1.48 bits per heavy atom. The highest BCUT2D eigenvalue weighted by atomic mass is 35.5. The minimum absolute atomic E-state index is 0.0595. The predicted molar refractivity (Wildman–Crippen MR) is 80.9 cm³/mol. The van der Waals surface area contributed by atoms with Crippen LogP contribution >= 0.6 is 11.6 Å². The molecule has 124 valence electrons. The molecule has 2 rings (SSSR count). The summed E-state index contributed by atoms with van der Waals surface area (Å²) in [5, 5.41) is 7.02. The van der Waals surface area contributed by atoms with Crippen molar-refractivity contribution < 1.29 is 17.4 Å². The quantitative estimate of drug-likeness (QED) is 0.504. The standard InChI is InChI=1S/C11H12ClFN6O3S/c1-15-23(20,21)16-5-9-10(19-22-18-9)11(14)17-6-2-3-8(13)7(12)4-6/h2-4,15-16H,5H2,1H3,(H2,14,17). The number of nitrogens with two attached hydrogens (primary N) is 1. The van der Waals surface area contributed by atoms with Crippen molar-refractivity contribution >= 4 is 33.3 Å². The number of halogens is 2. The van der Waals surface area contributed by atoms with Gasteiger partial charge < -0.3 is 5.73 Å². The molecule has 1 aromatic heterocycles. The molecule has 0 aliphatic heterocycles. The largest absolute Gasteiger partial charge is 0.382 e. The monoisotopic (exact) mass is 362 g/mol. The summed E-state index contributed by atoms with van der Waals surface area (Å²) in [4.78, 5) is 4.02. The van der Waals surface area contributed by atoms with Crippen LogP contribution in [0.5, 0.6) is 0 Å². The Hall–Kier alpha value is -2.08. The van der Waals surface area contributed by atoms with E-state index in [0.717, 1.165) is 6.07 Å². The van der Waals surface area contributed by atoms with Crippen molar-refractivity contribution in [2.24, 2.45) is 10.7 Å². The summed E-state index contributed by atoms with van der Waals surface area (Å²) in [5.41, 5.74) is 6.28. The molecule has 0 saturated heterocycles. The van der Waals surface area contributed by atoms with E-state index in [1.165, 1.54) is 19.2 Å². The Kier molecular flexibility index (Phi) is 5.26. The maximum atomic E-state index is 13.1. The number of benzene rings is 1. The molecular weight excluding hydrogens is 351 g/mol. The number of nitrogens with zero attached hydrogens (tertiary/aromatic N) is 3. The fourth-order valence-electron chi connectivity index (χ4n) is 1.50. The van der Waals surface area contributed by atoms with Gasteiger partial charge in [-0.15, -0.1) is 0 Å². The normalized spacial score (nSPS) is 12.6. The van der Waals surface area contributed by atoms with Crippen LogP contribution in [0.1, 0.15) is 11.4 Å². The second-order valence-electron chi connectivity index (χ2n) is 4.18. The Morgan fingerprint density at radius 3 is 2.87 bits per heavy atom. The van der Waals surface area contributed by atoms with Gasteiger partial charge in [0.1, 0.15) is 11.5 Å². The zero-order chi connectivity index (χ0) is 17.0. The molecule has 0 saturated carbocycles. The third-order valence-electron chi connectivity index (χ3n) is 2.65. The zero-order valence-electron chi connectivity index (χ0n) is 11.7. The highest BCUT2D eigenvalue weighted by molar-refractivity contribution is 7.87. The molecule has 0 atom stereocenters. The molecular formula is C11H12ClFN6O3S. The molecule has 0 radical (unpaired) electrons. The highest BCUT2D eigenvalue weighted by Crippen LogP contribution is 2.22. The molecule has 4 N–H and O–H groups in total. The molecule has 0 spiro atoms. The second-order valence-corrected chi connectivity index (χ2v) is 6.29. The van der Waals surface area contributed by atoms with Crippen molar-refractivity contribution in [3.8, 4) is 0 Å². The van der Waals surface area contributed by atoms with Gasteiger partial charge in [0.05, 0.1) is 17.3 Å². The average molecular weight is 363 g/mol. The summed E-state index contributed by atoms with van der Waals surface area (Å²) in [6, 6.07) is 3.78. The molecule has 12 heteroatoms. The van der Waals surface area contributed by atoms with E-state index in [9.17, 15) is 12.8 Å². The first kappa shape index (κ1) is 17.3. The summed E-state index contributed by atoms with van der Waals surface area (Å²) in [6.07, 6.45) is 0. The highest BCUT2D eigenvalue weighted by Gasteiger charge is 2.16. The third kappa shape index (κ3) is 4.45. The molecule has 1 heterocycles. The van der Waals surface area contributed by atoms with E-state index in [0.29, 0.717) is 5.69 Å². The first-order valence-corrected chi connectivity index (χ1v) is 7.97. The predicted octanol–water partition coefficient (Wildman–Crippen LogP) is 0.453. The van der Waals surface area contributed by atoms with E-state index < -0.39 is 16.0 Å². The Balaban J connectivity index is 2.23. The molecule has 9 nitrogen and oxygen atoms in total. The minimum Gasteiger partial charge on any atom is -0.382 e. The first-order chi connectivity index (χ1) is 10.8. The van der Waals surface area contributed by atoms with Crippen LogP contribution in [-0.2, 0) is 16.8 Å². The van der Waals surface area contributed by atoms with Crippen molar-refractivity contribution in [1.29, 1.82) is 0 Å². The SMILES string of the molecule is CNS(=O)(=O)NCc1nonc1C(N)=Nc1ccc(F)c(Cl)c1. The number of aromatic nitrogens is 2. The van der Waals surface area contributed by atoms with Gasteiger partial charge in [-0.2, -0.15) is 13.1 Å². The van der Waals surface area contributed by atoms with E-state index in [4.69, 9.17) is 17.3 Å². The number of rotatable bonds is 6. The zero-order valence-corrected chi connectivity index (χ0v) is 13.3. The molecule has 0 aliphatic carbocycles. The lowest BCUT2D eigenvalue weighted by atomic mass is 10.3. The molecule has 23 heavy (non-hydrogen) atoms. The fourth-order valence-corrected chi connectivity index (χ4v) is 2.15. The molecule has 0 aliphatic rings. The van der Waals surface area contributed by atoms with Crippen LogP contribution < -0.4 is 15.2 Å². The fraction of sp³-hybridized carbons (Fsp3) is 0.182. The smallest absolute Gasteiger partial charge is 0.277 e. The van der Waals surface area contributed by atoms with E-state index in [1.54, 1.807) is 0 Å². The van der Waals surface area contributed by atoms with Gasteiger partial charge in [0.15, 0.2) is 11.5 Å². The molecule has 0 amide bonds. The Bertz CT molecular complexity index is 838. The van der Waals surface area contributed by atoms with Gasteiger partial charge >= 0.3 is 0 Å². The van der Waals surface area contributed by atoms with E-state index in [1.807, 2.05) is 0 Å². The van der Waals surface area contributed by atoms with Crippen LogP contribution in [-0.4, -0.2) is 31.6 Å². The van der Waals surface area contributed by atoms with Crippen LogP contribution in [0.4, 0.5) is 10.1 Å². The molecule has 0 bridgehead atoms. The minimum atomic E-state index is -3.66. The summed E-state index contributed by atoms with van der Waals surface area (Å²) in [7, 11) is -2.41. The van der Waals surface area contributed by atoms with Crippen molar-refractivity contribution in [2.75, 3.05) is 7.05 Å². The van der Waals surface area contributed by atoms with Crippen LogP contribution in [0, 0.1) is 5.82 Å². The Labute approximate surface area is 135 Å². The van der Waals surface area contributed by atoms with Gasteiger partial charge in [-0.25, -0.2) is 18.7 Å². The number of hydrogen-bond acceptors (Lipinski definition) is 6. The average Bonchev–Trinajstić information content (AvgIpc) is 2.98. The van der Waals surface area contributed by atoms with Gasteiger partial charge in [-0.3, -0.25) is 0 Å². The van der Waals surface area contributed by atoms with Gasteiger partial charge in [0.25, 0.3) is 10.2 Å². The number of amidine groups is 1. The van der Waals surface area contributed by atoms with E-state index >= 15 is 0 Å². The van der Waals surface area contributed by atoms with Gasteiger partial charge in [-0.1, -0.05) is 16.8 Å². The topological polar surface area (TPSA) is 136 Å². The number of nitrogens with one attached hydrogen (secondary N) is 2. The maximum Gasteiger partial charge on any atom is 0.277 e. The molecule has 2 aromatic rings. The first-order valence-electron chi connectivity index (χ1n) is 6.11. The third-order valence-corrected chi connectivity index (χ3v) is 4.00. The van der Waals surface area contributed by atoms with Crippen molar-refractivity contribution in [3.05, 3.63) is 40.4 Å². The van der Waals surface area contributed by atoms with Gasteiger partial charge in [0.2, 0.25) is 0 Å². The van der Waals surface area contributed by atoms with E-state index in [-0.39, 0.29) is 28.8 Å². The van der Waals surface area contributed by atoms with E-state index in [2.05, 4.69) is 29.4 Å². The van der Waals surface area contributed by atoms with Crippen LogP contribution in [0.3, 0.4) is 0 Å². The molecule has 1 aromatic carbocycles. The number of aliphatic imine (C=N–C) groups is 1. The maximum absolute atomic E-state index is 13.1. The summed E-state index contributed by atoms with van der Waals surface area (Å²) >= 11 is 5.65. The number of hydrogen-bond donors (Lipinski definition) is 3. The van der Waals surface area contributed by atoms with Gasteiger partial charge in [0, 0.05) is 7.05 Å². The van der Waals surface area contributed by atoms with Crippen molar-refractivity contribution in [3.63, 3.8) is 0 Å². The van der Waals surface area contributed by atoms with Crippen LogP contribution in [0.15, 0.2) is 27.8 Å². The summed E-state index contributed by atoms with van der Waals surface area (Å²) < 4.78 is 44.6. The molecule has 0 fully saturated rings. The Morgan fingerprint density at radius 2 is 2.22 bits per heavy atom. The van der Waals surface area contributed by atoms with Crippen molar-refractivity contribution in [1.82, 2.24) is 19.8 Å². The molecule has 0 unspecified atom stereocenters. The lowest BCUT2D eigenvalue weighted by Gasteiger charge is -2.03. The lowest BCUT2D eigenvalue weighted by Crippen LogP contribution is -2.34. The lowest BCUT2D eigenvalue weighted by molar-refractivity contribution is 0.302. The van der Waals surface area contributed by atoms with Crippen molar-refractivity contribution in [2.45, 2.75) is 6.54 Å². The summed E-state index contributed by atoms with van der Waals surface area (Å²) in [6.45, 7) is -0.206. The second kappa shape index (κ2) is 7.00.